The fourth-order valence-corrected chi connectivity index (χ4v) is 3.55. The number of amides is 1. The number of carbonyl (C=O) groups is 1. The van der Waals surface area contributed by atoms with Gasteiger partial charge in [-0.3, -0.25) is 4.79 Å². The summed E-state index contributed by atoms with van der Waals surface area (Å²) in [4.78, 5) is 12.2. The maximum atomic E-state index is 12.2. The number of nitrogens with one attached hydrogen (secondary N) is 1. The third-order valence-corrected chi connectivity index (χ3v) is 4.62. The van der Waals surface area contributed by atoms with Crippen molar-refractivity contribution in [1.29, 1.82) is 0 Å². The van der Waals surface area contributed by atoms with Crippen molar-refractivity contribution in [2.45, 2.75) is 78.2 Å². The Labute approximate surface area is 125 Å². The summed E-state index contributed by atoms with van der Waals surface area (Å²) in [6, 6.07) is 0.375. The minimum atomic E-state index is 0.207. The van der Waals surface area contributed by atoms with Crippen molar-refractivity contribution < 1.29 is 4.79 Å². The molecule has 118 valence electrons. The third kappa shape index (κ3) is 6.25. The summed E-state index contributed by atoms with van der Waals surface area (Å²) in [5.41, 5.74) is 5.80. The number of hydrogen-bond acceptors (Lipinski definition) is 2. The molecular formula is C17H34N2O. The second-order valence-electron chi connectivity index (χ2n) is 6.92. The predicted octanol–water partition coefficient (Wildman–Crippen LogP) is 3.47. The van der Waals surface area contributed by atoms with Crippen molar-refractivity contribution in [3.8, 4) is 0 Å². The number of carbonyl (C=O) groups excluding carboxylic acids is 1. The van der Waals surface area contributed by atoms with Gasteiger partial charge in [0.05, 0.1) is 0 Å². The van der Waals surface area contributed by atoms with Crippen molar-refractivity contribution in [2.75, 3.05) is 6.54 Å². The molecule has 0 aromatic carbocycles. The van der Waals surface area contributed by atoms with Gasteiger partial charge < -0.3 is 11.1 Å². The van der Waals surface area contributed by atoms with Gasteiger partial charge in [0, 0.05) is 12.5 Å². The van der Waals surface area contributed by atoms with E-state index in [1.54, 1.807) is 0 Å². The first-order valence-corrected chi connectivity index (χ1v) is 8.56. The molecule has 2 atom stereocenters. The van der Waals surface area contributed by atoms with Gasteiger partial charge in [0.1, 0.15) is 0 Å². The second kappa shape index (κ2) is 9.38. The average Bonchev–Trinajstić information content (AvgIpc) is 2.44. The molecule has 1 saturated carbocycles. The molecular weight excluding hydrogens is 248 g/mol. The van der Waals surface area contributed by atoms with Gasteiger partial charge >= 0.3 is 0 Å². The molecule has 1 aliphatic rings. The zero-order valence-electron chi connectivity index (χ0n) is 13.7. The van der Waals surface area contributed by atoms with Crippen LogP contribution in [0.3, 0.4) is 0 Å². The maximum absolute atomic E-state index is 12.2. The van der Waals surface area contributed by atoms with E-state index in [0.29, 0.717) is 36.8 Å². The van der Waals surface area contributed by atoms with Crippen LogP contribution in [0, 0.1) is 17.8 Å². The second-order valence-corrected chi connectivity index (χ2v) is 6.92. The zero-order valence-corrected chi connectivity index (χ0v) is 13.7. The minimum Gasteiger partial charge on any atom is -0.353 e. The summed E-state index contributed by atoms with van der Waals surface area (Å²) in [5, 5.41) is 3.28. The van der Waals surface area contributed by atoms with Crippen molar-refractivity contribution >= 4 is 5.91 Å². The monoisotopic (exact) mass is 282 g/mol. The van der Waals surface area contributed by atoms with Gasteiger partial charge in [-0.2, -0.15) is 0 Å². The van der Waals surface area contributed by atoms with Crippen LogP contribution in [-0.2, 0) is 4.79 Å². The highest BCUT2D eigenvalue weighted by Crippen LogP contribution is 2.28. The van der Waals surface area contributed by atoms with Gasteiger partial charge in [0.25, 0.3) is 0 Å². The number of hydrogen-bond donors (Lipinski definition) is 2. The first kappa shape index (κ1) is 17.5. The molecule has 0 aliphatic heterocycles. The summed E-state index contributed by atoms with van der Waals surface area (Å²) >= 11 is 0. The molecule has 20 heavy (non-hydrogen) atoms. The zero-order chi connectivity index (χ0) is 15.0. The largest absolute Gasteiger partial charge is 0.353 e. The van der Waals surface area contributed by atoms with E-state index in [4.69, 9.17) is 5.73 Å². The molecule has 0 saturated heterocycles. The normalized spacial score (nSPS) is 19.9. The maximum Gasteiger partial charge on any atom is 0.220 e. The fourth-order valence-electron chi connectivity index (χ4n) is 3.55. The van der Waals surface area contributed by atoms with Crippen LogP contribution < -0.4 is 11.1 Å². The summed E-state index contributed by atoms with van der Waals surface area (Å²) in [7, 11) is 0. The molecule has 1 rings (SSSR count). The van der Waals surface area contributed by atoms with E-state index in [9.17, 15) is 4.79 Å². The van der Waals surface area contributed by atoms with E-state index in [1.807, 2.05) is 0 Å². The molecule has 0 spiro atoms. The van der Waals surface area contributed by atoms with E-state index < -0.39 is 0 Å². The lowest BCUT2D eigenvalue weighted by Crippen LogP contribution is -2.41. The van der Waals surface area contributed by atoms with Crippen LogP contribution in [-0.4, -0.2) is 18.5 Å². The third-order valence-electron chi connectivity index (χ3n) is 4.62. The van der Waals surface area contributed by atoms with E-state index in [0.717, 1.165) is 12.8 Å². The van der Waals surface area contributed by atoms with E-state index in [2.05, 4.69) is 26.1 Å². The Morgan fingerprint density at radius 2 is 1.90 bits per heavy atom. The average molecular weight is 282 g/mol. The molecule has 1 unspecified atom stereocenters. The Morgan fingerprint density at radius 1 is 1.25 bits per heavy atom. The quantitative estimate of drug-likeness (QED) is 0.716. The smallest absolute Gasteiger partial charge is 0.220 e. The topological polar surface area (TPSA) is 55.1 Å². The van der Waals surface area contributed by atoms with Crippen molar-refractivity contribution in [2.24, 2.45) is 23.5 Å². The van der Waals surface area contributed by atoms with E-state index >= 15 is 0 Å². The molecule has 0 heterocycles. The van der Waals surface area contributed by atoms with Gasteiger partial charge in [-0.1, -0.05) is 40.0 Å². The minimum absolute atomic E-state index is 0.207. The van der Waals surface area contributed by atoms with Gasteiger partial charge in [-0.25, -0.2) is 0 Å². The van der Waals surface area contributed by atoms with E-state index in [1.165, 1.54) is 32.1 Å². The van der Waals surface area contributed by atoms with Crippen molar-refractivity contribution in [3.05, 3.63) is 0 Å². The van der Waals surface area contributed by atoms with Gasteiger partial charge in [0.15, 0.2) is 0 Å². The van der Waals surface area contributed by atoms with Crippen LogP contribution in [0.1, 0.15) is 72.1 Å². The Bertz CT molecular complexity index is 272. The first-order chi connectivity index (χ1) is 9.56. The molecule has 1 fully saturated rings. The SMILES string of the molecule is CCC(NC(=O)C[C@@H](CN)CC(C)C)C1CCCCC1. The van der Waals surface area contributed by atoms with Crippen LogP contribution in [0.5, 0.6) is 0 Å². The number of nitrogens with two attached hydrogens (primary N) is 1. The highest BCUT2D eigenvalue weighted by atomic mass is 16.1. The van der Waals surface area contributed by atoms with E-state index in [-0.39, 0.29) is 5.91 Å². The fraction of sp³-hybridized carbons (Fsp3) is 0.941. The molecule has 1 aliphatic carbocycles. The molecule has 3 heteroatoms. The summed E-state index contributed by atoms with van der Waals surface area (Å²) in [5.74, 6) is 1.84. The van der Waals surface area contributed by atoms with Gasteiger partial charge in [0.2, 0.25) is 5.91 Å². The Kier molecular flexibility index (Phi) is 8.20. The molecule has 1 amide bonds. The predicted molar refractivity (Wildman–Crippen MR) is 85.4 cm³/mol. The van der Waals surface area contributed by atoms with Crippen LogP contribution in [0.2, 0.25) is 0 Å². The Balaban J connectivity index is 2.41. The lowest BCUT2D eigenvalue weighted by Gasteiger charge is -2.30. The summed E-state index contributed by atoms with van der Waals surface area (Å²) in [6.45, 7) is 7.19. The Morgan fingerprint density at radius 3 is 2.40 bits per heavy atom. The van der Waals surface area contributed by atoms with Crippen LogP contribution in [0.15, 0.2) is 0 Å². The Hall–Kier alpha value is -0.570. The molecule has 0 aromatic heterocycles. The van der Waals surface area contributed by atoms with Crippen LogP contribution >= 0.6 is 0 Å². The first-order valence-electron chi connectivity index (χ1n) is 8.56. The molecule has 3 N–H and O–H groups in total. The summed E-state index contributed by atoms with van der Waals surface area (Å²) < 4.78 is 0. The highest BCUT2D eigenvalue weighted by Gasteiger charge is 2.24. The number of rotatable bonds is 8. The summed E-state index contributed by atoms with van der Waals surface area (Å²) in [6.07, 6.45) is 9.28. The van der Waals surface area contributed by atoms with Crippen LogP contribution in [0.25, 0.3) is 0 Å². The lowest BCUT2D eigenvalue weighted by molar-refractivity contribution is -0.123. The lowest BCUT2D eigenvalue weighted by atomic mass is 9.82. The molecule has 0 bridgehead atoms. The van der Waals surface area contributed by atoms with Gasteiger partial charge in [-0.15, -0.1) is 0 Å². The van der Waals surface area contributed by atoms with Gasteiger partial charge in [-0.05, 0) is 50.0 Å². The van der Waals surface area contributed by atoms with Crippen molar-refractivity contribution in [3.63, 3.8) is 0 Å². The highest BCUT2D eigenvalue weighted by molar-refractivity contribution is 5.76. The standard InChI is InChI=1S/C17H34N2O/c1-4-16(15-8-6-5-7-9-15)19-17(20)11-14(12-18)10-13(2)3/h13-16H,4-12,18H2,1-3H3,(H,19,20)/t14-,16?/m0/s1. The van der Waals surface area contributed by atoms with Crippen molar-refractivity contribution in [1.82, 2.24) is 5.32 Å². The molecule has 3 nitrogen and oxygen atoms in total. The molecule has 0 aromatic rings. The van der Waals surface area contributed by atoms with Crippen LogP contribution in [0.4, 0.5) is 0 Å². The molecule has 0 radical (unpaired) electrons.